The highest BCUT2D eigenvalue weighted by Crippen LogP contribution is 2.73. The molecule has 8 atom stereocenters. The fourth-order valence-electron chi connectivity index (χ4n) is 8.24. The maximum atomic E-state index is 14.7. The van der Waals surface area contributed by atoms with Crippen molar-refractivity contribution in [3.05, 3.63) is 95.1 Å². The van der Waals surface area contributed by atoms with Gasteiger partial charge in [0.05, 0.1) is 22.1 Å². The molecule has 4 aliphatic carbocycles. The van der Waals surface area contributed by atoms with Crippen LogP contribution in [0.2, 0.25) is 0 Å². The van der Waals surface area contributed by atoms with Gasteiger partial charge in [-0.2, -0.15) is 0 Å². The summed E-state index contributed by atoms with van der Waals surface area (Å²) in [4.78, 5) is 40.8. The smallest absolute Gasteiger partial charge is 0.338 e. The van der Waals surface area contributed by atoms with Crippen LogP contribution in [-0.4, -0.2) is 63.1 Å². The minimum atomic E-state index is -2.32. The SMILES string of the molecule is CC1=CC23C(=O)C(C=C(COC(=O)c4ccccc4)[C@@H](O)[C@]2(O)[C@H]1OC(=O)c1ccccc1)[C@@H]1C(C)(C)[C@]1(O)C[C@H]3C. The molecular formula is C34H36O8. The number of ketones is 1. The molecule has 2 bridgehead atoms. The van der Waals surface area contributed by atoms with Crippen LogP contribution in [0.5, 0.6) is 0 Å². The number of ether oxygens (including phenoxy) is 2. The third-order valence-corrected chi connectivity index (χ3v) is 10.5. The van der Waals surface area contributed by atoms with E-state index in [1.165, 1.54) is 0 Å². The number of rotatable bonds is 5. The fourth-order valence-corrected chi connectivity index (χ4v) is 8.24. The Bertz CT molecular complexity index is 1510. The van der Waals surface area contributed by atoms with Gasteiger partial charge in [0.25, 0.3) is 0 Å². The first-order valence-corrected chi connectivity index (χ1v) is 14.4. The van der Waals surface area contributed by atoms with Crippen LogP contribution in [-0.2, 0) is 14.3 Å². The number of fused-ring (bicyclic) bond motifs is 3. The lowest BCUT2D eigenvalue weighted by Crippen LogP contribution is -2.66. The van der Waals surface area contributed by atoms with Gasteiger partial charge < -0.3 is 24.8 Å². The second-order valence-corrected chi connectivity index (χ2v) is 12.9. The number of hydrogen-bond donors (Lipinski definition) is 3. The molecule has 0 saturated heterocycles. The number of aliphatic hydroxyl groups excluding tert-OH is 1. The van der Waals surface area contributed by atoms with Crippen molar-refractivity contribution in [2.24, 2.45) is 28.6 Å². The zero-order chi connectivity index (χ0) is 30.2. The molecule has 220 valence electrons. The Morgan fingerprint density at radius 3 is 2.12 bits per heavy atom. The summed E-state index contributed by atoms with van der Waals surface area (Å²) in [5.41, 5.74) is -4.70. The topological polar surface area (TPSA) is 130 Å². The van der Waals surface area contributed by atoms with Crippen molar-refractivity contribution in [2.45, 2.75) is 57.5 Å². The number of aliphatic hydroxyl groups is 3. The summed E-state index contributed by atoms with van der Waals surface area (Å²) >= 11 is 0. The number of allylic oxidation sites excluding steroid dienone is 1. The van der Waals surface area contributed by atoms with Crippen molar-refractivity contribution in [2.75, 3.05) is 6.61 Å². The van der Waals surface area contributed by atoms with Crippen molar-refractivity contribution in [3.63, 3.8) is 0 Å². The highest BCUT2D eigenvalue weighted by molar-refractivity contribution is 5.96. The third-order valence-electron chi connectivity index (χ3n) is 10.5. The van der Waals surface area contributed by atoms with Gasteiger partial charge in [-0.3, -0.25) is 4.79 Å². The van der Waals surface area contributed by atoms with Gasteiger partial charge in [-0.25, -0.2) is 9.59 Å². The van der Waals surface area contributed by atoms with Crippen LogP contribution in [0.4, 0.5) is 0 Å². The third kappa shape index (κ3) is 3.68. The molecule has 4 aliphatic rings. The van der Waals surface area contributed by atoms with E-state index in [2.05, 4.69) is 0 Å². The lowest BCUT2D eigenvalue weighted by molar-refractivity contribution is -0.191. The van der Waals surface area contributed by atoms with Gasteiger partial charge in [0.1, 0.15) is 12.7 Å². The van der Waals surface area contributed by atoms with E-state index in [1.807, 2.05) is 13.8 Å². The van der Waals surface area contributed by atoms with Crippen LogP contribution in [0.15, 0.2) is 84.0 Å². The Morgan fingerprint density at radius 2 is 1.52 bits per heavy atom. The van der Waals surface area contributed by atoms with E-state index in [4.69, 9.17) is 9.47 Å². The number of benzene rings is 2. The lowest BCUT2D eigenvalue weighted by Gasteiger charge is -2.49. The highest BCUT2D eigenvalue weighted by Gasteiger charge is 2.81. The Balaban J connectivity index is 1.45. The molecule has 0 heterocycles. The summed E-state index contributed by atoms with van der Waals surface area (Å²) in [5, 5.41) is 36.6. The maximum Gasteiger partial charge on any atom is 0.338 e. The average Bonchev–Trinajstić information content (AvgIpc) is 3.34. The zero-order valence-electron chi connectivity index (χ0n) is 24.1. The van der Waals surface area contributed by atoms with Crippen LogP contribution in [0.1, 0.15) is 54.8 Å². The number of Topliss-reactive ketones (excluding diaryl/α,β-unsaturated/α-hetero) is 1. The Morgan fingerprint density at radius 1 is 0.952 bits per heavy atom. The Kier molecular flexibility index (Phi) is 6.42. The van der Waals surface area contributed by atoms with Gasteiger partial charge in [-0.15, -0.1) is 0 Å². The number of carbonyl (C=O) groups is 3. The van der Waals surface area contributed by atoms with Gasteiger partial charge in [-0.05, 0) is 54.7 Å². The highest BCUT2D eigenvalue weighted by atomic mass is 16.6. The van der Waals surface area contributed by atoms with Crippen molar-refractivity contribution in [1.82, 2.24) is 0 Å². The van der Waals surface area contributed by atoms with Crippen LogP contribution in [0.25, 0.3) is 0 Å². The minimum absolute atomic E-state index is 0.116. The van der Waals surface area contributed by atoms with E-state index >= 15 is 0 Å². The molecule has 0 amide bonds. The van der Waals surface area contributed by atoms with Crippen LogP contribution in [0.3, 0.4) is 0 Å². The van der Waals surface area contributed by atoms with E-state index < -0.39 is 70.5 Å². The van der Waals surface area contributed by atoms with Gasteiger partial charge in [0, 0.05) is 17.3 Å². The average molecular weight is 573 g/mol. The molecule has 8 nitrogen and oxygen atoms in total. The van der Waals surface area contributed by atoms with E-state index in [0.29, 0.717) is 11.1 Å². The van der Waals surface area contributed by atoms with Crippen LogP contribution in [0, 0.1) is 28.6 Å². The maximum absolute atomic E-state index is 14.7. The normalized spacial score (nSPS) is 37.7. The van der Waals surface area contributed by atoms with Gasteiger partial charge in [0.15, 0.2) is 17.5 Å². The van der Waals surface area contributed by atoms with Crippen molar-refractivity contribution in [1.29, 1.82) is 0 Å². The molecule has 2 saturated carbocycles. The molecule has 6 rings (SSSR count). The molecular weight excluding hydrogens is 536 g/mol. The van der Waals surface area contributed by atoms with Crippen molar-refractivity contribution >= 4 is 17.7 Å². The van der Waals surface area contributed by atoms with Crippen molar-refractivity contribution < 1.29 is 39.2 Å². The molecule has 2 fully saturated rings. The number of esters is 2. The molecule has 1 spiro atoms. The van der Waals surface area contributed by atoms with Crippen LogP contribution >= 0.6 is 0 Å². The monoisotopic (exact) mass is 572 g/mol. The molecule has 8 heteroatoms. The molecule has 0 aliphatic heterocycles. The summed E-state index contributed by atoms with van der Waals surface area (Å²) in [6.45, 7) is 6.86. The molecule has 2 aromatic carbocycles. The lowest BCUT2D eigenvalue weighted by atomic mass is 9.59. The van der Waals surface area contributed by atoms with E-state index in [0.717, 1.165) is 0 Å². The van der Waals surface area contributed by atoms with E-state index in [1.54, 1.807) is 86.7 Å². The van der Waals surface area contributed by atoms with Crippen LogP contribution < -0.4 is 0 Å². The first kappa shape index (κ1) is 28.5. The molecule has 42 heavy (non-hydrogen) atoms. The molecule has 2 unspecified atom stereocenters. The second kappa shape index (κ2) is 9.46. The second-order valence-electron chi connectivity index (χ2n) is 12.9. The predicted octanol–water partition coefficient (Wildman–Crippen LogP) is 3.66. The fraction of sp³-hybridized carbons (Fsp3) is 0.441. The zero-order valence-corrected chi connectivity index (χ0v) is 24.1. The number of carbonyl (C=O) groups excluding carboxylic acids is 3. The quantitative estimate of drug-likeness (QED) is 0.366. The first-order valence-electron chi connectivity index (χ1n) is 14.4. The summed E-state index contributed by atoms with van der Waals surface area (Å²) in [6, 6.07) is 16.6. The van der Waals surface area contributed by atoms with Gasteiger partial charge in [0.2, 0.25) is 0 Å². The van der Waals surface area contributed by atoms with Gasteiger partial charge >= 0.3 is 11.9 Å². The molecule has 0 aromatic heterocycles. The molecule has 3 N–H and O–H groups in total. The molecule has 2 aromatic rings. The van der Waals surface area contributed by atoms with Crippen molar-refractivity contribution in [3.8, 4) is 0 Å². The minimum Gasteiger partial charge on any atom is -0.457 e. The molecule has 0 radical (unpaired) electrons. The number of hydrogen-bond acceptors (Lipinski definition) is 8. The Hall–Kier alpha value is -3.59. The summed E-state index contributed by atoms with van der Waals surface area (Å²) in [7, 11) is 0. The Labute approximate surface area is 244 Å². The standard InChI is InChI=1S/C34H36O8/c1-19-16-32-20(2)17-33(39)25(31(33,3)4)24(27(32)36)15-23(18-41-29(37)21-11-7-5-8-12-21)26(35)34(32,40)28(19)42-30(38)22-13-9-6-10-14-22/h5-16,20,24-26,28,35,39-40H,17-18H2,1-4H3/t20-,24?,25-,26-,28+,32?,33+,34+/m1/s1. The summed E-state index contributed by atoms with van der Waals surface area (Å²) in [6.07, 6.45) is 0.290. The predicted molar refractivity (Wildman–Crippen MR) is 152 cm³/mol. The summed E-state index contributed by atoms with van der Waals surface area (Å²) in [5.74, 6) is -3.69. The largest absolute Gasteiger partial charge is 0.457 e. The van der Waals surface area contributed by atoms with E-state index in [-0.39, 0.29) is 23.3 Å². The summed E-state index contributed by atoms with van der Waals surface area (Å²) < 4.78 is 11.5. The van der Waals surface area contributed by atoms with E-state index in [9.17, 15) is 29.7 Å². The first-order chi connectivity index (χ1) is 19.8. The van der Waals surface area contributed by atoms with Gasteiger partial charge in [-0.1, -0.05) is 69.3 Å².